The number of hydrogen-bond donors (Lipinski definition) is 1. The number of hydrogen-bond acceptors (Lipinski definition) is 2. The zero-order chi connectivity index (χ0) is 14.8. The summed E-state index contributed by atoms with van der Waals surface area (Å²) in [6.07, 6.45) is 0. The molecule has 0 fully saturated rings. The van der Waals surface area contributed by atoms with Crippen LogP contribution in [0, 0.1) is 0 Å². The number of para-hydroxylation sites is 1. The number of anilines is 1. The Kier molecular flexibility index (Phi) is 3.65. The van der Waals surface area contributed by atoms with Gasteiger partial charge in [0.05, 0.1) is 17.8 Å². The highest BCUT2D eigenvalue weighted by Gasteiger charge is 2.07. The third kappa shape index (κ3) is 2.77. The van der Waals surface area contributed by atoms with E-state index in [1.807, 2.05) is 17.8 Å². The minimum absolute atomic E-state index is 0.544. The summed E-state index contributed by atoms with van der Waals surface area (Å²) in [7, 11) is 1.99. The van der Waals surface area contributed by atoms with Crippen molar-refractivity contribution in [3.8, 4) is 0 Å². The Balaban J connectivity index is 1.82. The SMILES string of the molecule is CC(C)c1cccc(NCc2nn(C)c3ccccc23)c1. The molecule has 0 radical (unpaired) electrons. The molecule has 0 atom stereocenters. The van der Waals surface area contributed by atoms with E-state index in [9.17, 15) is 0 Å². The van der Waals surface area contributed by atoms with Crippen LogP contribution in [0.15, 0.2) is 48.5 Å². The lowest BCUT2D eigenvalue weighted by Crippen LogP contribution is -2.02. The van der Waals surface area contributed by atoms with E-state index < -0.39 is 0 Å². The van der Waals surface area contributed by atoms with E-state index in [0.717, 1.165) is 17.9 Å². The van der Waals surface area contributed by atoms with E-state index in [1.165, 1.54) is 16.5 Å². The van der Waals surface area contributed by atoms with Gasteiger partial charge in [-0.25, -0.2) is 0 Å². The summed E-state index contributed by atoms with van der Waals surface area (Å²) in [6.45, 7) is 5.17. The van der Waals surface area contributed by atoms with Crippen LogP contribution in [-0.4, -0.2) is 9.78 Å². The van der Waals surface area contributed by atoms with E-state index in [4.69, 9.17) is 0 Å². The van der Waals surface area contributed by atoms with Gasteiger partial charge in [-0.05, 0) is 29.7 Å². The van der Waals surface area contributed by atoms with Gasteiger partial charge in [0.2, 0.25) is 0 Å². The second-order valence-electron chi connectivity index (χ2n) is 5.72. The molecule has 2 aromatic carbocycles. The lowest BCUT2D eigenvalue weighted by molar-refractivity contribution is 0.771. The summed E-state index contributed by atoms with van der Waals surface area (Å²) in [5.41, 5.74) is 4.76. The number of benzene rings is 2. The van der Waals surface area contributed by atoms with E-state index in [2.05, 4.69) is 66.7 Å². The molecule has 0 saturated carbocycles. The van der Waals surface area contributed by atoms with Crippen LogP contribution in [0.3, 0.4) is 0 Å². The molecule has 3 heteroatoms. The number of aryl methyl sites for hydroxylation is 1. The smallest absolute Gasteiger partial charge is 0.0894 e. The fourth-order valence-electron chi connectivity index (χ4n) is 2.61. The monoisotopic (exact) mass is 279 g/mol. The van der Waals surface area contributed by atoms with Gasteiger partial charge in [0.15, 0.2) is 0 Å². The third-order valence-electron chi connectivity index (χ3n) is 3.85. The molecule has 21 heavy (non-hydrogen) atoms. The summed E-state index contributed by atoms with van der Waals surface area (Å²) in [5, 5.41) is 9.32. The minimum atomic E-state index is 0.544. The Hall–Kier alpha value is -2.29. The Morgan fingerprint density at radius 2 is 1.90 bits per heavy atom. The summed E-state index contributed by atoms with van der Waals surface area (Å²) in [5.74, 6) is 0.544. The lowest BCUT2D eigenvalue weighted by Gasteiger charge is -2.09. The lowest BCUT2D eigenvalue weighted by atomic mass is 10.0. The van der Waals surface area contributed by atoms with Crippen molar-refractivity contribution < 1.29 is 0 Å². The first kappa shape index (κ1) is 13.7. The predicted octanol–water partition coefficient (Wildman–Crippen LogP) is 4.31. The fraction of sp³-hybridized carbons (Fsp3) is 0.278. The van der Waals surface area contributed by atoms with Crippen molar-refractivity contribution >= 4 is 16.6 Å². The highest BCUT2D eigenvalue weighted by molar-refractivity contribution is 5.82. The van der Waals surface area contributed by atoms with Gasteiger partial charge in [0.25, 0.3) is 0 Å². The summed E-state index contributed by atoms with van der Waals surface area (Å²) in [6, 6.07) is 16.9. The first-order valence-electron chi connectivity index (χ1n) is 7.39. The Labute approximate surface area is 125 Å². The maximum Gasteiger partial charge on any atom is 0.0894 e. The summed E-state index contributed by atoms with van der Waals surface area (Å²) < 4.78 is 1.94. The van der Waals surface area contributed by atoms with Crippen LogP contribution in [-0.2, 0) is 13.6 Å². The van der Waals surface area contributed by atoms with E-state index >= 15 is 0 Å². The van der Waals surface area contributed by atoms with Crippen molar-refractivity contribution in [3.63, 3.8) is 0 Å². The molecule has 0 unspecified atom stereocenters. The van der Waals surface area contributed by atoms with E-state index in [1.54, 1.807) is 0 Å². The number of nitrogens with zero attached hydrogens (tertiary/aromatic N) is 2. The van der Waals surface area contributed by atoms with Gasteiger partial charge in [-0.2, -0.15) is 5.10 Å². The topological polar surface area (TPSA) is 29.9 Å². The first-order valence-corrected chi connectivity index (χ1v) is 7.39. The Morgan fingerprint density at radius 3 is 2.71 bits per heavy atom. The number of aromatic nitrogens is 2. The molecule has 3 aromatic rings. The van der Waals surface area contributed by atoms with E-state index in [-0.39, 0.29) is 0 Å². The van der Waals surface area contributed by atoms with Gasteiger partial charge >= 0.3 is 0 Å². The van der Waals surface area contributed by atoms with Crippen molar-refractivity contribution in [1.29, 1.82) is 0 Å². The largest absolute Gasteiger partial charge is 0.379 e. The van der Waals surface area contributed by atoms with Gasteiger partial charge in [-0.1, -0.05) is 44.2 Å². The maximum atomic E-state index is 4.62. The molecule has 0 aliphatic carbocycles. The highest BCUT2D eigenvalue weighted by atomic mass is 15.3. The summed E-state index contributed by atoms with van der Waals surface area (Å²) >= 11 is 0. The molecule has 3 rings (SSSR count). The number of rotatable bonds is 4. The maximum absolute atomic E-state index is 4.62. The molecule has 0 saturated heterocycles. The van der Waals surface area contributed by atoms with Crippen LogP contribution < -0.4 is 5.32 Å². The molecule has 1 N–H and O–H groups in total. The molecule has 1 heterocycles. The zero-order valence-corrected chi connectivity index (χ0v) is 12.8. The average Bonchev–Trinajstić information content (AvgIpc) is 2.82. The molecule has 0 aliphatic heterocycles. The Morgan fingerprint density at radius 1 is 1.10 bits per heavy atom. The van der Waals surface area contributed by atoms with Crippen LogP contribution >= 0.6 is 0 Å². The predicted molar refractivity (Wildman–Crippen MR) is 88.6 cm³/mol. The van der Waals surface area contributed by atoms with Crippen LogP contribution in [0.2, 0.25) is 0 Å². The normalized spacial score (nSPS) is 11.2. The summed E-state index contributed by atoms with van der Waals surface area (Å²) in [4.78, 5) is 0. The first-order chi connectivity index (χ1) is 10.1. The van der Waals surface area contributed by atoms with Crippen molar-refractivity contribution in [2.75, 3.05) is 5.32 Å². The minimum Gasteiger partial charge on any atom is -0.379 e. The molecule has 0 aliphatic rings. The van der Waals surface area contributed by atoms with Crippen molar-refractivity contribution in [1.82, 2.24) is 9.78 Å². The molecule has 108 valence electrons. The third-order valence-corrected chi connectivity index (χ3v) is 3.85. The second kappa shape index (κ2) is 5.60. The van der Waals surface area contributed by atoms with Gasteiger partial charge in [-0.3, -0.25) is 4.68 Å². The van der Waals surface area contributed by atoms with Crippen LogP contribution in [0.25, 0.3) is 10.9 Å². The van der Waals surface area contributed by atoms with Crippen LogP contribution in [0.5, 0.6) is 0 Å². The molecule has 0 bridgehead atoms. The van der Waals surface area contributed by atoms with Crippen LogP contribution in [0.4, 0.5) is 5.69 Å². The van der Waals surface area contributed by atoms with E-state index in [0.29, 0.717) is 5.92 Å². The standard InChI is InChI=1S/C18H21N3/c1-13(2)14-7-6-8-15(11-14)19-12-17-16-9-4-5-10-18(16)21(3)20-17/h4-11,13,19H,12H2,1-3H3. The molecule has 1 aromatic heterocycles. The Bertz CT molecular complexity index is 756. The molecular weight excluding hydrogens is 258 g/mol. The van der Waals surface area contributed by atoms with Gasteiger partial charge < -0.3 is 5.32 Å². The second-order valence-corrected chi connectivity index (χ2v) is 5.72. The van der Waals surface area contributed by atoms with Crippen molar-refractivity contribution in [2.45, 2.75) is 26.3 Å². The van der Waals surface area contributed by atoms with Crippen molar-refractivity contribution in [2.24, 2.45) is 7.05 Å². The van der Waals surface area contributed by atoms with Crippen LogP contribution in [0.1, 0.15) is 31.0 Å². The number of nitrogens with one attached hydrogen (secondary N) is 1. The van der Waals surface area contributed by atoms with Crippen molar-refractivity contribution in [3.05, 3.63) is 59.8 Å². The van der Waals surface area contributed by atoms with Gasteiger partial charge in [-0.15, -0.1) is 0 Å². The zero-order valence-electron chi connectivity index (χ0n) is 12.8. The number of fused-ring (bicyclic) bond motifs is 1. The quantitative estimate of drug-likeness (QED) is 0.771. The molecule has 0 amide bonds. The highest BCUT2D eigenvalue weighted by Crippen LogP contribution is 2.21. The molecular formula is C18H21N3. The van der Waals surface area contributed by atoms with Gasteiger partial charge in [0, 0.05) is 18.1 Å². The molecule has 0 spiro atoms. The fourth-order valence-corrected chi connectivity index (χ4v) is 2.61. The molecule has 3 nitrogen and oxygen atoms in total. The van der Waals surface area contributed by atoms with Gasteiger partial charge in [0.1, 0.15) is 0 Å². The average molecular weight is 279 g/mol.